The Kier molecular flexibility index (Phi) is 5.95. The minimum atomic E-state index is 0.740. The number of para-hydroxylation sites is 2. The predicted molar refractivity (Wildman–Crippen MR) is 120 cm³/mol. The molecular weight excluding hydrogens is 356 g/mol. The van der Waals surface area contributed by atoms with Crippen LogP contribution in [-0.4, -0.2) is 16.2 Å². The molecule has 0 atom stereocenters. The van der Waals surface area contributed by atoms with Crippen LogP contribution in [0.3, 0.4) is 0 Å². The lowest BCUT2D eigenvalue weighted by Gasteiger charge is -2.11. The quantitative estimate of drug-likeness (QED) is 0.343. The summed E-state index contributed by atoms with van der Waals surface area (Å²) in [5, 5.41) is 0. The summed E-state index contributed by atoms with van der Waals surface area (Å²) in [6.07, 6.45) is 2.94. The SMILES string of the molecule is Cc1cc(C)cc(OCCCCn2c(Cc3ccccc3)nc3ccccc32)c1. The van der Waals surface area contributed by atoms with Gasteiger partial charge in [0.2, 0.25) is 0 Å². The fraction of sp³-hybridized carbons (Fsp3) is 0.269. The number of benzene rings is 3. The summed E-state index contributed by atoms with van der Waals surface area (Å²) in [5.74, 6) is 2.10. The van der Waals surface area contributed by atoms with Crippen molar-refractivity contribution < 1.29 is 4.74 Å². The van der Waals surface area contributed by atoms with Crippen molar-refractivity contribution in [3.8, 4) is 5.75 Å². The van der Waals surface area contributed by atoms with Crippen molar-refractivity contribution in [2.24, 2.45) is 0 Å². The Bertz CT molecular complexity index is 1060. The van der Waals surface area contributed by atoms with Crippen molar-refractivity contribution in [3.63, 3.8) is 0 Å². The van der Waals surface area contributed by atoms with Crippen LogP contribution in [0.25, 0.3) is 11.0 Å². The molecule has 0 unspecified atom stereocenters. The maximum absolute atomic E-state index is 5.98. The number of imidazole rings is 1. The van der Waals surface area contributed by atoms with Crippen LogP contribution in [0.15, 0.2) is 72.8 Å². The van der Waals surface area contributed by atoms with Crippen molar-refractivity contribution in [2.75, 3.05) is 6.61 Å². The zero-order valence-corrected chi connectivity index (χ0v) is 17.3. The molecule has 0 amide bonds. The maximum atomic E-state index is 5.98. The van der Waals surface area contributed by atoms with Gasteiger partial charge in [0.15, 0.2) is 0 Å². The Morgan fingerprint density at radius 3 is 2.34 bits per heavy atom. The average molecular weight is 385 g/mol. The number of hydrogen-bond acceptors (Lipinski definition) is 2. The molecule has 0 bridgehead atoms. The minimum Gasteiger partial charge on any atom is -0.494 e. The van der Waals surface area contributed by atoms with Crippen LogP contribution in [0.1, 0.15) is 35.4 Å². The van der Waals surface area contributed by atoms with Gasteiger partial charge in [-0.15, -0.1) is 0 Å². The van der Waals surface area contributed by atoms with Crippen molar-refractivity contribution in [1.82, 2.24) is 9.55 Å². The van der Waals surface area contributed by atoms with E-state index in [2.05, 4.69) is 91.2 Å². The van der Waals surface area contributed by atoms with Gasteiger partial charge in [0.1, 0.15) is 11.6 Å². The molecule has 0 radical (unpaired) electrons. The number of ether oxygens (including phenoxy) is 1. The molecule has 0 saturated carbocycles. The zero-order chi connectivity index (χ0) is 20.1. The first-order valence-corrected chi connectivity index (χ1v) is 10.4. The average Bonchev–Trinajstić information content (AvgIpc) is 3.05. The molecule has 0 spiro atoms. The molecule has 0 fully saturated rings. The van der Waals surface area contributed by atoms with Crippen LogP contribution in [0.2, 0.25) is 0 Å². The fourth-order valence-electron chi connectivity index (χ4n) is 3.87. The Labute approximate surface area is 173 Å². The highest BCUT2D eigenvalue weighted by molar-refractivity contribution is 5.76. The second-order valence-corrected chi connectivity index (χ2v) is 7.71. The van der Waals surface area contributed by atoms with Crippen LogP contribution in [0.4, 0.5) is 0 Å². The largest absolute Gasteiger partial charge is 0.494 e. The Morgan fingerprint density at radius 2 is 1.55 bits per heavy atom. The van der Waals surface area contributed by atoms with Gasteiger partial charge in [-0.1, -0.05) is 48.5 Å². The van der Waals surface area contributed by atoms with Gasteiger partial charge in [-0.25, -0.2) is 4.98 Å². The topological polar surface area (TPSA) is 27.1 Å². The monoisotopic (exact) mass is 384 g/mol. The summed E-state index contributed by atoms with van der Waals surface area (Å²) in [7, 11) is 0. The van der Waals surface area contributed by atoms with Gasteiger partial charge in [0.05, 0.1) is 17.6 Å². The third kappa shape index (κ3) is 4.86. The van der Waals surface area contributed by atoms with E-state index in [4.69, 9.17) is 9.72 Å². The summed E-state index contributed by atoms with van der Waals surface area (Å²) in [4.78, 5) is 4.91. The standard InChI is InChI=1S/C26H28N2O/c1-20-16-21(2)18-23(17-20)29-15-9-8-14-28-25-13-7-6-12-24(25)27-26(28)19-22-10-4-3-5-11-22/h3-7,10-13,16-18H,8-9,14-15,19H2,1-2H3. The molecule has 4 rings (SSSR count). The van der Waals surface area contributed by atoms with Gasteiger partial charge >= 0.3 is 0 Å². The molecule has 0 aliphatic rings. The van der Waals surface area contributed by atoms with Crippen LogP contribution < -0.4 is 4.74 Å². The molecule has 148 valence electrons. The second-order valence-electron chi connectivity index (χ2n) is 7.71. The molecule has 0 N–H and O–H groups in total. The lowest BCUT2D eigenvalue weighted by molar-refractivity contribution is 0.303. The van der Waals surface area contributed by atoms with E-state index in [1.165, 1.54) is 22.2 Å². The number of nitrogens with zero attached hydrogens (tertiary/aromatic N) is 2. The molecule has 3 nitrogen and oxygen atoms in total. The Morgan fingerprint density at radius 1 is 0.828 bits per heavy atom. The summed E-state index contributed by atoms with van der Waals surface area (Å²) in [5.41, 5.74) is 6.08. The third-order valence-electron chi connectivity index (χ3n) is 5.18. The van der Waals surface area contributed by atoms with Crippen LogP contribution in [-0.2, 0) is 13.0 Å². The molecule has 0 saturated heterocycles. The number of unbranched alkanes of at least 4 members (excludes halogenated alkanes) is 1. The van der Waals surface area contributed by atoms with Gasteiger partial charge in [-0.2, -0.15) is 0 Å². The molecule has 1 aromatic heterocycles. The first kappa shape index (κ1) is 19.3. The normalized spacial score (nSPS) is 11.1. The van der Waals surface area contributed by atoms with Crippen molar-refractivity contribution in [1.29, 1.82) is 0 Å². The van der Waals surface area contributed by atoms with Crippen molar-refractivity contribution >= 4 is 11.0 Å². The lowest BCUT2D eigenvalue weighted by Crippen LogP contribution is -2.07. The zero-order valence-electron chi connectivity index (χ0n) is 17.3. The van der Waals surface area contributed by atoms with Crippen molar-refractivity contribution in [2.45, 2.75) is 39.7 Å². The fourth-order valence-corrected chi connectivity index (χ4v) is 3.87. The van der Waals surface area contributed by atoms with Crippen LogP contribution in [0, 0.1) is 13.8 Å². The summed E-state index contributed by atoms with van der Waals surface area (Å²) < 4.78 is 8.35. The highest BCUT2D eigenvalue weighted by atomic mass is 16.5. The van der Waals surface area contributed by atoms with Gasteiger partial charge in [0.25, 0.3) is 0 Å². The highest BCUT2D eigenvalue weighted by Gasteiger charge is 2.10. The molecule has 1 heterocycles. The summed E-state index contributed by atoms with van der Waals surface area (Å²) in [6.45, 7) is 5.92. The number of aryl methyl sites for hydroxylation is 3. The highest BCUT2D eigenvalue weighted by Crippen LogP contribution is 2.20. The van der Waals surface area contributed by atoms with Gasteiger partial charge in [-0.05, 0) is 67.6 Å². The van der Waals surface area contributed by atoms with E-state index in [-0.39, 0.29) is 0 Å². The number of fused-ring (bicyclic) bond motifs is 1. The summed E-state index contributed by atoms with van der Waals surface area (Å²) >= 11 is 0. The van der Waals surface area contributed by atoms with E-state index >= 15 is 0 Å². The number of aromatic nitrogens is 2. The van der Waals surface area contributed by atoms with Gasteiger partial charge in [0, 0.05) is 13.0 Å². The molecule has 4 aromatic rings. The lowest BCUT2D eigenvalue weighted by atomic mass is 10.1. The van der Waals surface area contributed by atoms with Gasteiger partial charge in [-0.3, -0.25) is 0 Å². The number of rotatable bonds is 8. The molecule has 0 aliphatic heterocycles. The maximum Gasteiger partial charge on any atom is 0.119 e. The molecular formula is C26H28N2O. The second kappa shape index (κ2) is 8.95. The first-order valence-electron chi connectivity index (χ1n) is 10.4. The van der Waals surface area contributed by atoms with Crippen LogP contribution in [0.5, 0.6) is 5.75 Å². The predicted octanol–water partition coefficient (Wildman–Crippen LogP) is 6.10. The van der Waals surface area contributed by atoms with E-state index < -0.39 is 0 Å². The molecule has 29 heavy (non-hydrogen) atoms. The molecule has 0 aliphatic carbocycles. The van der Waals surface area contributed by atoms with E-state index in [0.29, 0.717) is 0 Å². The minimum absolute atomic E-state index is 0.740. The first-order chi connectivity index (χ1) is 14.2. The van der Waals surface area contributed by atoms with Crippen molar-refractivity contribution in [3.05, 3.63) is 95.3 Å². The van der Waals surface area contributed by atoms with E-state index in [9.17, 15) is 0 Å². The summed E-state index contributed by atoms with van der Waals surface area (Å²) in [6, 6.07) is 25.4. The number of hydrogen-bond donors (Lipinski definition) is 0. The van der Waals surface area contributed by atoms with Gasteiger partial charge < -0.3 is 9.30 Å². The van der Waals surface area contributed by atoms with E-state index in [0.717, 1.165) is 49.5 Å². The Balaban J connectivity index is 1.41. The molecule has 3 heteroatoms. The van der Waals surface area contributed by atoms with E-state index in [1.54, 1.807) is 0 Å². The molecule has 3 aromatic carbocycles. The third-order valence-corrected chi connectivity index (χ3v) is 5.18. The Hall–Kier alpha value is -3.07. The smallest absolute Gasteiger partial charge is 0.119 e. The van der Waals surface area contributed by atoms with Crippen LogP contribution >= 0.6 is 0 Å². The van der Waals surface area contributed by atoms with E-state index in [1.807, 2.05) is 0 Å².